The summed E-state index contributed by atoms with van der Waals surface area (Å²) in [5.74, 6) is 1.40. The third-order valence-electron chi connectivity index (χ3n) is 6.28. The van der Waals surface area contributed by atoms with Gasteiger partial charge in [0.2, 0.25) is 11.8 Å². The second-order valence-corrected chi connectivity index (χ2v) is 9.02. The number of hydrogen-bond donors (Lipinski definition) is 1. The third kappa shape index (κ3) is 3.95. The van der Waals surface area contributed by atoms with Gasteiger partial charge in [-0.05, 0) is 38.5 Å². The van der Waals surface area contributed by atoms with Crippen LogP contribution < -0.4 is 5.32 Å². The third-order valence-corrected chi connectivity index (χ3v) is 7.33. The van der Waals surface area contributed by atoms with E-state index < -0.39 is 0 Å². The van der Waals surface area contributed by atoms with Crippen LogP contribution in [0.15, 0.2) is 5.38 Å². The molecule has 0 spiro atoms. The number of hydrogen-bond acceptors (Lipinski definition) is 4. The molecule has 1 atom stereocenters. The van der Waals surface area contributed by atoms with Gasteiger partial charge in [0.25, 0.3) is 0 Å². The van der Waals surface area contributed by atoms with Crippen molar-refractivity contribution in [3.63, 3.8) is 0 Å². The maximum atomic E-state index is 12.7. The number of likely N-dealkylation sites (tertiary alicyclic amines) is 1. The van der Waals surface area contributed by atoms with E-state index in [1.807, 2.05) is 0 Å². The van der Waals surface area contributed by atoms with Crippen molar-refractivity contribution < 1.29 is 9.59 Å². The van der Waals surface area contributed by atoms with E-state index in [9.17, 15) is 9.59 Å². The summed E-state index contributed by atoms with van der Waals surface area (Å²) in [6.45, 7) is 2.25. The first-order valence-corrected chi connectivity index (χ1v) is 11.1. The Labute approximate surface area is 159 Å². The lowest BCUT2D eigenvalue weighted by atomic mass is 9.85. The highest BCUT2D eigenvalue weighted by Crippen LogP contribution is 2.33. The van der Waals surface area contributed by atoms with E-state index in [0.717, 1.165) is 62.3 Å². The van der Waals surface area contributed by atoms with Gasteiger partial charge in [0.15, 0.2) is 0 Å². The average Bonchev–Trinajstić information content (AvgIpc) is 3.30. The number of carbonyl (C=O) groups excluding carboxylic acids is 2. The van der Waals surface area contributed by atoms with Crippen LogP contribution in [-0.2, 0) is 16.1 Å². The molecule has 5 nitrogen and oxygen atoms in total. The van der Waals surface area contributed by atoms with Crippen LogP contribution in [0.5, 0.6) is 0 Å². The molecule has 2 saturated carbocycles. The molecule has 0 bridgehead atoms. The van der Waals surface area contributed by atoms with Crippen molar-refractivity contribution in [1.29, 1.82) is 0 Å². The summed E-state index contributed by atoms with van der Waals surface area (Å²) in [5.41, 5.74) is 0.955. The van der Waals surface area contributed by atoms with Gasteiger partial charge in [0, 0.05) is 36.2 Å². The van der Waals surface area contributed by atoms with Crippen molar-refractivity contribution in [2.45, 2.75) is 70.3 Å². The Morgan fingerprint density at radius 3 is 2.58 bits per heavy atom. The molecule has 0 aromatic carbocycles. The number of rotatable bonds is 5. The summed E-state index contributed by atoms with van der Waals surface area (Å²) >= 11 is 1.68. The summed E-state index contributed by atoms with van der Waals surface area (Å²) in [7, 11) is 0. The van der Waals surface area contributed by atoms with Gasteiger partial charge in [-0.1, -0.05) is 19.3 Å². The number of aromatic nitrogens is 1. The van der Waals surface area contributed by atoms with Crippen molar-refractivity contribution in [1.82, 2.24) is 15.2 Å². The normalized spacial score (nSPS) is 24.5. The maximum Gasteiger partial charge on any atom is 0.225 e. The number of carbonyl (C=O) groups is 2. The highest BCUT2D eigenvalue weighted by molar-refractivity contribution is 7.09. The monoisotopic (exact) mass is 375 g/mol. The maximum absolute atomic E-state index is 12.7. The molecule has 1 aromatic heterocycles. The van der Waals surface area contributed by atoms with E-state index in [4.69, 9.17) is 4.98 Å². The van der Waals surface area contributed by atoms with Crippen molar-refractivity contribution in [2.75, 3.05) is 13.1 Å². The Bertz CT molecular complexity index is 649. The topological polar surface area (TPSA) is 62.3 Å². The predicted octanol–water partition coefficient (Wildman–Crippen LogP) is 3.46. The minimum Gasteiger partial charge on any atom is -0.350 e. The van der Waals surface area contributed by atoms with Crippen LogP contribution in [0.3, 0.4) is 0 Å². The van der Waals surface area contributed by atoms with E-state index in [2.05, 4.69) is 15.6 Å². The minimum atomic E-state index is 0.178. The lowest BCUT2D eigenvalue weighted by molar-refractivity contribution is -0.136. The van der Waals surface area contributed by atoms with Gasteiger partial charge in [0.1, 0.15) is 0 Å². The Balaban J connectivity index is 1.31. The zero-order valence-corrected chi connectivity index (χ0v) is 16.2. The molecule has 142 valence electrons. The Morgan fingerprint density at radius 1 is 1.08 bits per heavy atom. The first-order valence-electron chi connectivity index (χ1n) is 10.2. The Kier molecular flexibility index (Phi) is 5.57. The van der Waals surface area contributed by atoms with E-state index in [0.29, 0.717) is 18.4 Å². The first-order chi connectivity index (χ1) is 12.7. The quantitative estimate of drug-likeness (QED) is 0.857. The van der Waals surface area contributed by atoms with E-state index in [-0.39, 0.29) is 17.7 Å². The minimum absolute atomic E-state index is 0.178. The molecule has 1 N–H and O–H groups in total. The van der Waals surface area contributed by atoms with Gasteiger partial charge < -0.3 is 10.2 Å². The van der Waals surface area contributed by atoms with Crippen molar-refractivity contribution in [3.8, 4) is 0 Å². The summed E-state index contributed by atoms with van der Waals surface area (Å²) in [6.07, 6.45) is 9.96. The summed E-state index contributed by atoms with van der Waals surface area (Å²) in [5, 5.41) is 6.21. The standard InChI is InChI=1S/C20H29N3O2S/c24-18(14-7-3-8-14)21-11-17-13-26-19(22-17)16-9-4-10-23(12-16)20(25)15-5-1-2-6-15/h13-16H,1-12H2,(H,21,24). The second-order valence-electron chi connectivity index (χ2n) is 8.13. The smallest absolute Gasteiger partial charge is 0.225 e. The van der Waals surface area contributed by atoms with Gasteiger partial charge in [0.05, 0.1) is 17.2 Å². The lowest BCUT2D eigenvalue weighted by Crippen LogP contribution is -2.41. The van der Waals surface area contributed by atoms with Crippen molar-refractivity contribution in [3.05, 3.63) is 16.1 Å². The van der Waals surface area contributed by atoms with E-state index in [1.54, 1.807) is 11.3 Å². The molecule has 0 radical (unpaired) electrons. The fourth-order valence-corrected chi connectivity index (χ4v) is 5.34. The van der Waals surface area contributed by atoms with Gasteiger partial charge in [-0.2, -0.15) is 0 Å². The number of nitrogens with zero attached hydrogens (tertiary/aromatic N) is 2. The number of nitrogens with one attached hydrogen (secondary N) is 1. The Hall–Kier alpha value is -1.43. The van der Waals surface area contributed by atoms with Gasteiger partial charge in [-0.15, -0.1) is 11.3 Å². The molecule has 1 aromatic rings. The molecule has 4 rings (SSSR count). The molecule has 1 unspecified atom stereocenters. The summed E-state index contributed by atoms with van der Waals surface area (Å²) in [4.78, 5) is 31.5. The van der Waals surface area contributed by atoms with Crippen LogP contribution >= 0.6 is 11.3 Å². The van der Waals surface area contributed by atoms with Crippen LogP contribution in [0.25, 0.3) is 0 Å². The molecular formula is C20H29N3O2S. The number of thiazole rings is 1. The molecule has 2 amide bonds. The molecule has 26 heavy (non-hydrogen) atoms. The molecule has 2 aliphatic carbocycles. The number of amides is 2. The largest absolute Gasteiger partial charge is 0.350 e. The van der Waals surface area contributed by atoms with E-state index in [1.165, 1.54) is 19.3 Å². The van der Waals surface area contributed by atoms with Crippen LogP contribution in [0.2, 0.25) is 0 Å². The molecular weight excluding hydrogens is 346 g/mol. The summed E-state index contributed by atoms with van der Waals surface area (Å²) < 4.78 is 0. The predicted molar refractivity (Wildman–Crippen MR) is 102 cm³/mol. The highest BCUT2D eigenvalue weighted by Gasteiger charge is 2.32. The van der Waals surface area contributed by atoms with Gasteiger partial charge in [-0.3, -0.25) is 9.59 Å². The molecule has 3 fully saturated rings. The van der Waals surface area contributed by atoms with Crippen LogP contribution in [0.4, 0.5) is 0 Å². The fourth-order valence-electron chi connectivity index (χ4n) is 4.39. The van der Waals surface area contributed by atoms with Gasteiger partial charge >= 0.3 is 0 Å². The fraction of sp³-hybridized carbons (Fsp3) is 0.750. The average molecular weight is 376 g/mol. The van der Waals surface area contributed by atoms with Crippen molar-refractivity contribution >= 4 is 23.2 Å². The molecule has 2 heterocycles. The highest BCUT2D eigenvalue weighted by atomic mass is 32.1. The van der Waals surface area contributed by atoms with Gasteiger partial charge in [-0.25, -0.2) is 4.98 Å². The SMILES string of the molecule is O=C(NCc1csc(C2CCCN(C(=O)C3CCCC3)C2)n1)C1CCC1. The second kappa shape index (κ2) is 8.07. The zero-order chi connectivity index (χ0) is 17.9. The molecule has 6 heteroatoms. The van der Waals surface area contributed by atoms with Crippen LogP contribution in [0, 0.1) is 11.8 Å². The number of piperidine rings is 1. The molecule has 1 aliphatic heterocycles. The Morgan fingerprint density at radius 2 is 1.85 bits per heavy atom. The van der Waals surface area contributed by atoms with Crippen LogP contribution in [-0.4, -0.2) is 34.8 Å². The summed E-state index contributed by atoms with van der Waals surface area (Å²) in [6, 6.07) is 0. The first kappa shape index (κ1) is 18.0. The lowest BCUT2D eigenvalue weighted by Gasteiger charge is -2.33. The van der Waals surface area contributed by atoms with Crippen molar-refractivity contribution in [2.24, 2.45) is 11.8 Å². The van der Waals surface area contributed by atoms with E-state index >= 15 is 0 Å². The zero-order valence-electron chi connectivity index (χ0n) is 15.4. The molecule has 3 aliphatic rings. The molecule has 1 saturated heterocycles. The van der Waals surface area contributed by atoms with Crippen LogP contribution in [0.1, 0.15) is 74.4 Å².